The van der Waals surface area contributed by atoms with Gasteiger partial charge < -0.3 is 10.6 Å². The topological polar surface area (TPSA) is 49.6 Å². The Balaban J connectivity index is 0.00000243. The Morgan fingerprint density at radius 1 is 1.15 bits per heavy atom. The molecule has 26 heavy (non-hydrogen) atoms. The molecule has 0 aliphatic carbocycles. The Hall–Kier alpha value is -1.95. The zero-order valence-electron chi connectivity index (χ0n) is 14.8. The number of amides is 1. The van der Waals surface area contributed by atoms with E-state index in [1.54, 1.807) is 30.1 Å². The Labute approximate surface area is 160 Å². The van der Waals surface area contributed by atoms with Crippen LogP contribution in [-0.4, -0.2) is 48.4 Å². The molecule has 6 heteroatoms. The van der Waals surface area contributed by atoms with Gasteiger partial charge in [-0.2, -0.15) is 0 Å². The number of halogens is 2. The smallest absolute Gasteiger partial charge is 0.236 e. The van der Waals surface area contributed by atoms with Gasteiger partial charge in [0.15, 0.2) is 0 Å². The highest BCUT2D eigenvalue weighted by molar-refractivity contribution is 5.85. The van der Waals surface area contributed by atoms with Crippen molar-refractivity contribution in [2.45, 2.75) is 18.5 Å². The molecule has 1 amide bonds. The van der Waals surface area contributed by atoms with E-state index in [1.165, 1.54) is 11.6 Å². The number of carbonyl (C=O) groups excluding carboxylic acids is 1. The highest BCUT2D eigenvalue weighted by atomic mass is 35.5. The molecule has 2 aromatic carbocycles. The van der Waals surface area contributed by atoms with Crippen LogP contribution in [0.15, 0.2) is 54.6 Å². The van der Waals surface area contributed by atoms with Crippen molar-refractivity contribution in [2.24, 2.45) is 5.73 Å². The van der Waals surface area contributed by atoms with E-state index < -0.39 is 0 Å². The third-order valence-corrected chi connectivity index (χ3v) is 4.82. The third kappa shape index (κ3) is 4.81. The number of hydrogen-bond donors (Lipinski definition) is 1. The van der Waals surface area contributed by atoms with Crippen molar-refractivity contribution < 1.29 is 9.18 Å². The number of carbonyl (C=O) groups is 1. The molecule has 2 atom stereocenters. The molecule has 1 heterocycles. The van der Waals surface area contributed by atoms with Gasteiger partial charge in [0.25, 0.3) is 0 Å². The number of nitrogens with zero attached hydrogens (tertiary/aromatic N) is 2. The largest absolute Gasteiger partial charge is 0.340 e. The van der Waals surface area contributed by atoms with Crippen molar-refractivity contribution in [3.05, 3.63) is 71.5 Å². The number of hydrogen-bond acceptors (Lipinski definition) is 3. The average Bonchev–Trinajstić information content (AvgIpc) is 2.98. The number of nitrogens with two attached hydrogens (primary N) is 1. The molecule has 0 aromatic heterocycles. The molecule has 1 saturated heterocycles. The average molecular weight is 378 g/mol. The maximum atomic E-state index is 13.7. The van der Waals surface area contributed by atoms with Gasteiger partial charge in [-0.25, -0.2) is 4.39 Å². The summed E-state index contributed by atoms with van der Waals surface area (Å²) < 4.78 is 13.7. The number of benzene rings is 2. The molecule has 0 unspecified atom stereocenters. The molecular formula is C20H25ClFN3O. The lowest BCUT2D eigenvalue weighted by atomic mass is 9.95. The summed E-state index contributed by atoms with van der Waals surface area (Å²) in [7, 11) is 1.71. The van der Waals surface area contributed by atoms with Gasteiger partial charge in [0.1, 0.15) is 5.82 Å². The molecule has 0 radical (unpaired) electrons. The minimum Gasteiger partial charge on any atom is -0.340 e. The number of rotatable bonds is 5. The lowest BCUT2D eigenvalue weighted by Crippen LogP contribution is -2.38. The van der Waals surface area contributed by atoms with Gasteiger partial charge in [0.2, 0.25) is 5.91 Å². The van der Waals surface area contributed by atoms with Crippen LogP contribution < -0.4 is 5.73 Å². The molecule has 3 rings (SSSR count). The SMILES string of the molecule is CN(Cc1ccccc1F)C(=O)CN1C[C@@H](N)[C@H](c2ccccc2)C1.Cl. The van der Waals surface area contributed by atoms with Crippen molar-refractivity contribution in [3.63, 3.8) is 0 Å². The fourth-order valence-corrected chi connectivity index (χ4v) is 3.38. The van der Waals surface area contributed by atoms with E-state index in [2.05, 4.69) is 17.0 Å². The first kappa shape index (κ1) is 20.4. The van der Waals surface area contributed by atoms with Gasteiger partial charge in [0, 0.05) is 44.2 Å². The van der Waals surface area contributed by atoms with Crippen LogP contribution in [0.25, 0.3) is 0 Å². The van der Waals surface area contributed by atoms with Crippen molar-refractivity contribution in [3.8, 4) is 0 Å². The summed E-state index contributed by atoms with van der Waals surface area (Å²) in [6, 6.07) is 16.7. The highest BCUT2D eigenvalue weighted by Gasteiger charge is 2.32. The molecule has 1 fully saturated rings. The Morgan fingerprint density at radius 3 is 2.50 bits per heavy atom. The summed E-state index contributed by atoms with van der Waals surface area (Å²) in [6.45, 7) is 2.04. The molecule has 1 aliphatic heterocycles. The second-order valence-electron chi connectivity index (χ2n) is 6.72. The standard InChI is InChI=1S/C20H24FN3O.ClH/c1-23(11-16-9-5-6-10-18(16)21)20(25)14-24-12-17(19(22)13-24)15-7-3-2-4-8-15;/h2-10,17,19H,11-14,22H2,1H3;1H/t17-,19+;/m0./s1. The van der Waals surface area contributed by atoms with E-state index >= 15 is 0 Å². The first-order valence-electron chi connectivity index (χ1n) is 8.55. The lowest BCUT2D eigenvalue weighted by Gasteiger charge is -2.22. The molecule has 0 spiro atoms. The van der Waals surface area contributed by atoms with E-state index in [-0.39, 0.29) is 42.6 Å². The number of likely N-dealkylation sites (tertiary alicyclic amines) is 1. The van der Waals surface area contributed by atoms with Crippen molar-refractivity contribution in [2.75, 3.05) is 26.7 Å². The molecule has 140 valence electrons. The van der Waals surface area contributed by atoms with Crippen LogP contribution in [0, 0.1) is 5.82 Å². The molecule has 1 aliphatic rings. The summed E-state index contributed by atoms with van der Waals surface area (Å²) in [4.78, 5) is 16.1. The van der Waals surface area contributed by atoms with Gasteiger partial charge in [-0.1, -0.05) is 48.5 Å². The quantitative estimate of drug-likeness (QED) is 0.871. The summed E-state index contributed by atoms with van der Waals surface area (Å²) in [5.74, 6) is -0.0653. The zero-order valence-corrected chi connectivity index (χ0v) is 15.7. The van der Waals surface area contributed by atoms with Gasteiger partial charge >= 0.3 is 0 Å². The molecule has 4 nitrogen and oxygen atoms in total. The third-order valence-electron chi connectivity index (χ3n) is 4.82. The normalized spacial score (nSPS) is 19.8. The predicted octanol–water partition coefficient (Wildman–Crippen LogP) is 2.63. The fourth-order valence-electron chi connectivity index (χ4n) is 3.38. The minimum atomic E-state index is -0.283. The van der Waals surface area contributed by atoms with Gasteiger partial charge in [0.05, 0.1) is 6.54 Å². The number of likely N-dealkylation sites (N-methyl/N-ethyl adjacent to an activating group) is 1. The van der Waals surface area contributed by atoms with Crippen molar-refractivity contribution in [1.82, 2.24) is 9.80 Å². The summed E-state index contributed by atoms with van der Waals surface area (Å²) >= 11 is 0. The zero-order chi connectivity index (χ0) is 17.8. The lowest BCUT2D eigenvalue weighted by molar-refractivity contribution is -0.131. The molecule has 0 saturated carbocycles. The summed E-state index contributed by atoms with van der Waals surface area (Å²) in [6.07, 6.45) is 0. The Kier molecular flexibility index (Phi) is 7.14. The first-order valence-corrected chi connectivity index (χ1v) is 8.55. The maximum absolute atomic E-state index is 13.7. The second kappa shape index (κ2) is 9.12. The molecule has 2 N–H and O–H groups in total. The van der Waals surface area contributed by atoms with Crippen LogP contribution in [-0.2, 0) is 11.3 Å². The monoisotopic (exact) mass is 377 g/mol. The van der Waals surface area contributed by atoms with E-state index in [1.807, 2.05) is 18.2 Å². The van der Waals surface area contributed by atoms with Crippen LogP contribution in [0.3, 0.4) is 0 Å². The van der Waals surface area contributed by atoms with Crippen LogP contribution in [0.4, 0.5) is 4.39 Å². The van der Waals surface area contributed by atoms with Gasteiger partial charge in [-0.15, -0.1) is 12.4 Å². The van der Waals surface area contributed by atoms with E-state index in [0.29, 0.717) is 18.7 Å². The van der Waals surface area contributed by atoms with E-state index in [9.17, 15) is 9.18 Å². The van der Waals surface area contributed by atoms with Crippen LogP contribution >= 0.6 is 12.4 Å². The fraction of sp³-hybridized carbons (Fsp3) is 0.350. The Morgan fingerprint density at radius 2 is 1.81 bits per heavy atom. The second-order valence-corrected chi connectivity index (χ2v) is 6.72. The highest BCUT2D eigenvalue weighted by Crippen LogP contribution is 2.26. The first-order chi connectivity index (χ1) is 12.0. The molecule has 0 bridgehead atoms. The molecule has 2 aromatic rings. The van der Waals surface area contributed by atoms with E-state index in [0.717, 1.165) is 6.54 Å². The van der Waals surface area contributed by atoms with Crippen LogP contribution in [0.1, 0.15) is 17.0 Å². The van der Waals surface area contributed by atoms with Crippen LogP contribution in [0.2, 0.25) is 0 Å². The van der Waals surface area contributed by atoms with Crippen molar-refractivity contribution >= 4 is 18.3 Å². The van der Waals surface area contributed by atoms with E-state index in [4.69, 9.17) is 5.73 Å². The summed E-state index contributed by atoms with van der Waals surface area (Å²) in [5.41, 5.74) is 8.02. The maximum Gasteiger partial charge on any atom is 0.236 e. The van der Waals surface area contributed by atoms with Gasteiger partial charge in [-0.05, 0) is 11.6 Å². The minimum absolute atomic E-state index is 0. The van der Waals surface area contributed by atoms with Crippen molar-refractivity contribution in [1.29, 1.82) is 0 Å². The Bertz CT molecular complexity index is 728. The van der Waals surface area contributed by atoms with Crippen LogP contribution in [0.5, 0.6) is 0 Å². The summed E-state index contributed by atoms with van der Waals surface area (Å²) in [5, 5.41) is 0. The predicted molar refractivity (Wildman–Crippen MR) is 104 cm³/mol. The van der Waals surface area contributed by atoms with Gasteiger partial charge in [-0.3, -0.25) is 9.69 Å². The molecular weight excluding hydrogens is 353 g/mol.